The van der Waals surface area contributed by atoms with Crippen LogP contribution in [0.25, 0.3) is 10.2 Å². The molecule has 2 bridgehead atoms. The Morgan fingerprint density at radius 2 is 2.18 bits per heavy atom. The van der Waals surface area contributed by atoms with Gasteiger partial charge in [0.1, 0.15) is 17.8 Å². The average molecular weight is 510 g/mol. The number of hydrogen-bond acceptors (Lipinski definition) is 5. The Balaban J connectivity index is 1.42. The number of nitriles is 1. The van der Waals surface area contributed by atoms with Gasteiger partial charge in [-0.2, -0.15) is 5.26 Å². The lowest BCUT2D eigenvalue weighted by atomic mass is 9.71. The number of nitrogens with zero attached hydrogens (tertiary/aromatic N) is 2. The largest absolute Gasteiger partial charge is 0.356 e. The number of nitrogens with one attached hydrogen (secondary N) is 3. The van der Waals surface area contributed by atoms with E-state index in [-0.39, 0.29) is 24.4 Å². The molecule has 0 radical (unpaired) electrons. The van der Waals surface area contributed by atoms with Crippen molar-refractivity contribution < 1.29 is 23.2 Å². The number of carbonyl (C=O) groups excluding carboxylic acids is 3. The van der Waals surface area contributed by atoms with Gasteiger partial charge < -0.3 is 20.5 Å². The van der Waals surface area contributed by atoms with Gasteiger partial charge in [-0.05, 0) is 31.7 Å². The zero-order chi connectivity index (χ0) is 24.2. The number of aromatic amines is 1. The molecule has 3 amide bonds. The Hall–Kier alpha value is -2.71. The number of aromatic nitrogens is 1. The van der Waals surface area contributed by atoms with Crippen molar-refractivity contribution in [3.8, 4) is 6.07 Å². The Morgan fingerprint density at radius 1 is 1.38 bits per heavy atom. The fourth-order valence-corrected chi connectivity index (χ4v) is 6.64. The maximum atomic E-state index is 14.9. The van der Waals surface area contributed by atoms with Crippen LogP contribution in [0.1, 0.15) is 42.6 Å². The van der Waals surface area contributed by atoms with E-state index < -0.39 is 54.1 Å². The highest BCUT2D eigenvalue weighted by Crippen LogP contribution is 2.49. The number of halogens is 3. The first kappa shape index (κ1) is 23.1. The van der Waals surface area contributed by atoms with Crippen LogP contribution in [0.5, 0.6) is 0 Å². The van der Waals surface area contributed by atoms with Crippen LogP contribution in [0.2, 0.25) is 5.02 Å². The van der Waals surface area contributed by atoms with Crippen molar-refractivity contribution in [1.82, 2.24) is 20.5 Å². The van der Waals surface area contributed by atoms with Gasteiger partial charge in [0.2, 0.25) is 11.8 Å². The van der Waals surface area contributed by atoms with Crippen LogP contribution < -0.4 is 10.6 Å². The van der Waals surface area contributed by atoms with E-state index >= 15 is 0 Å². The van der Waals surface area contributed by atoms with Gasteiger partial charge >= 0.3 is 0 Å². The number of H-pyrrole nitrogens is 1. The summed E-state index contributed by atoms with van der Waals surface area (Å²) < 4.78 is 30.5. The second-order valence-electron chi connectivity index (χ2n) is 9.17. The molecule has 4 aliphatic rings. The quantitative estimate of drug-likeness (QED) is 0.574. The summed E-state index contributed by atoms with van der Waals surface area (Å²) in [6.45, 7) is 0.494. The minimum Gasteiger partial charge on any atom is -0.356 e. The second kappa shape index (κ2) is 8.50. The number of rotatable bonds is 5. The highest BCUT2D eigenvalue weighted by atomic mass is 35.5. The third-order valence-corrected chi connectivity index (χ3v) is 8.49. The first-order valence-corrected chi connectivity index (χ1v) is 12.4. The van der Waals surface area contributed by atoms with E-state index in [1.807, 2.05) is 6.07 Å². The van der Waals surface area contributed by atoms with Crippen molar-refractivity contribution >= 4 is 50.9 Å². The van der Waals surface area contributed by atoms with E-state index in [4.69, 9.17) is 11.6 Å². The van der Waals surface area contributed by atoms with Crippen LogP contribution in [0.4, 0.5) is 8.78 Å². The molecule has 0 spiro atoms. The molecule has 5 atom stereocenters. The number of amides is 3. The summed E-state index contributed by atoms with van der Waals surface area (Å²) in [7, 11) is 0. The van der Waals surface area contributed by atoms with Gasteiger partial charge in [-0.25, -0.2) is 8.78 Å². The molecule has 3 saturated heterocycles. The maximum Gasteiger partial charge on any atom is 0.271 e. The SMILES string of the molecule is N#C[C@@H](C[C@@H]1CCNC1=O)NC(=O)[C@@H]1[C@H]2CC[C@H](CC2(F)F)N1C(=O)c1cc2scc(Cl)c2[nH]1. The average Bonchev–Trinajstić information content (AvgIpc) is 3.49. The molecular formula is C22H22ClF2N5O3S. The summed E-state index contributed by atoms with van der Waals surface area (Å²) in [5.74, 6) is -6.42. The van der Waals surface area contributed by atoms with Crippen molar-refractivity contribution in [2.24, 2.45) is 11.8 Å². The van der Waals surface area contributed by atoms with Crippen LogP contribution in [-0.4, -0.2) is 58.2 Å². The molecule has 1 aliphatic carbocycles. The third kappa shape index (κ3) is 3.82. The van der Waals surface area contributed by atoms with Gasteiger partial charge in [-0.15, -0.1) is 11.3 Å². The lowest BCUT2D eigenvalue weighted by Crippen LogP contribution is -2.68. The molecular weight excluding hydrogens is 488 g/mol. The lowest BCUT2D eigenvalue weighted by Gasteiger charge is -2.53. The number of fused-ring (bicyclic) bond motifs is 4. The van der Waals surface area contributed by atoms with Gasteiger partial charge in [0.15, 0.2) is 0 Å². The third-order valence-electron chi connectivity index (χ3n) is 7.13. The fourth-order valence-electron chi connectivity index (χ4n) is 5.49. The smallest absolute Gasteiger partial charge is 0.271 e. The van der Waals surface area contributed by atoms with Crippen LogP contribution >= 0.6 is 22.9 Å². The zero-order valence-electron chi connectivity index (χ0n) is 17.9. The summed E-state index contributed by atoms with van der Waals surface area (Å²) in [6, 6.07) is 0.323. The predicted octanol–water partition coefficient (Wildman–Crippen LogP) is 3.05. The molecule has 3 N–H and O–H groups in total. The van der Waals surface area contributed by atoms with Crippen molar-refractivity contribution in [2.75, 3.05) is 6.54 Å². The Bertz CT molecular complexity index is 1210. The number of alkyl halides is 2. The molecule has 34 heavy (non-hydrogen) atoms. The molecule has 6 rings (SSSR count). The summed E-state index contributed by atoms with van der Waals surface area (Å²) in [5.41, 5.74) is 0.764. The summed E-state index contributed by atoms with van der Waals surface area (Å²) in [6.07, 6.45) is 0.594. The minimum absolute atomic E-state index is 0.0879. The maximum absolute atomic E-state index is 14.9. The first-order chi connectivity index (χ1) is 16.2. The summed E-state index contributed by atoms with van der Waals surface area (Å²) >= 11 is 7.49. The number of hydrogen-bond donors (Lipinski definition) is 3. The monoisotopic (exact) mass is 509 g/mol. The molecule has 8 nitrogen and oxygen atoms in total. The van der Waals surface area contributed by atoms with Gasteiger partial charge in [0, 0.05) is 30.3 Å². The standard InChI is InChI=1S/C22H22ClF2N5O3S/c23-14-9-34-16-6-15(29-17(14)16)21(33)30-12-1-2-13(22(24,25)7-12)18(30)20(32)28-11(8-26)5-10-3-4-27-19(10)31/h6,9-13,18,29H,1-5,7H2,(H,27,31)(H,28,32)/t10-,11+,12+,13+,18-/m0/s1. The van der Waals surface area contributed by atoms with Crippen LogP contribution in [0.3, 0.4) is 0 Å². The normalized spacial score (nSPS) is 28.5. The second-order valence-corrected chi connectivity index (χ2v) is 10.5. The zero-order valence-corrected chi connectivity index (χ0v) is 19.5. The highest BCUT2D eigenvalue weighted by Gasteiger charge is 2.60. The molecule has 3 aliphatic heterocycles. The van der Waals surface area contributed by atoms with Gasteiger partial charge in [0.25, 0.3) is 11.8 Å². The van der Waals surface area contributed by atoms with E-state index in [1.165, 1.54) is 16.2 Å². The summed E-state index contributed by atoms with van der Waals surface area (Å²) in [4.78, 5) is 42.9. The van der Waals surface area contributed by atoms with Crippen molar-refractivity contribution in [3.05, 3.63) is 22.2 Å². The number of thiophene rings is 1. The van der Waals surface area contributed by atoms with E-state index in [9.17, 15) is 28.4 Å². The van der Waals surface area contributed by atoms with Gasteiger partial charge in [0.05, 0.1) is 27.2 Å². The van der Waals surface area contributed by atoms with E-state index in [0.29, 0.717) is 29.9 Å². The number of carbonyl (C=O) groups is 3. The lowest BCUT2D eigenvalue weighted by molar-refractivity contribution is -0.179. The number of piperidine rings is 2. The summed E-state index contributed by atoms with van der Waals surface area (Å²) in [5, 5.41) is 16.9. The minimum atomic E-state index is -3.10. The van der Waals surface area contributed by atoms with Crippen molar-refractivity contribution in [3.63, 3.8) is 0 Å². The van der Waals surface area contributed by atoms with Gasteiger partial charge in [-0.1, -0.05) is 11.6 Å². The topological polar surface area (TPSA) is 118 Å². The van der Waals surface area contributed by atoms with Crippen LogP contribution in [0, 0.1) is 23.2 Å². The van der Waals surface area contributed by atoms with E-state index in [0.717, 1.165) is 4.70 Å². The van der Waals surface area contributed by atoms with Gasteiger partial charge in [-0.3, -0.25) is 14.4 Å². The van der Waals surface area contributed by atoms with Crippen molar-refractivity contribution in [2.45, 2.75) is 56.2 Å². The highest BCUT2D eigenvalue weighted by molar-refractivity contribution is 7.17. The van der Waals surface area contributed by atoms with Crippen LogP contribution in [-0.2, 0) is 9.59 Å². The van der Waals surface area contributed by atoms with E-state index in [2.05, 4.69) is 15.6 Å². The van der Waals surface area contributed by atoms with Crippen molar-refractivity contribution in [1.29, 1.82) is 5.26 Å². The Kier molecular flexibility index (Phi) is 5.76. The molecule has 2 aromatic heterocycles. The fraction of sp³-hybridized carbons (Fsp3) is 0.545. The Morgan fingerprint density at radius 3 is 2.82 bits per heavy atom. The molecule has 1 saturated carbocycles. The molecule has 180 valence electrons. The molecule has 5 heterocycles. The molecule has 0 unspecified atom stereocenters. The molecule has 0 aromatic carbocycles. The van der Waals surface area contributed by atoms with E-state index in [1.54, 1.807) is 11.4 Å². The predicted molar refractivity (Wildman–Crippen MR) is 120 cm³/mol. The molecule has 2 aromatic rings. The van der Waals surface area contributed by atoms with Crippen LogP contribution in [0.15, 0.2) is 11.4 Å². The first-order valence-electron chi connectivity index (χ1n) is 11.1. The Labute approximate surface area is 202 Å². The molecule has 12 heteroatoms. The molecule has 4 fully saturated rings.